The van der Waals surface area contributed by atoms with Gasteiger partial charge in [-0.15, -0.1) is 0 Å². The highest BCUT2D eigenvalue weighted by atomic mass is 16.5. The van der Waals surface area contributed by atoms with Gasteiger partial charge < -0.3 is 10.1 Å². The number of nitrogens with one attached hydrogen (secondary N) is 1. The second-order valence-corrected chi connectivity index (χ2v) is 4.53. The lowest BCUT2D eigenvalue weighted by atomic mass is 10.1. The van der Waals surface area contributed by atoms with Gasteiger partial charge in [0.05, 0.1) is 0 Å². The maximum atomic E-state index is 11.6. The number of rotatable bonds is 2. The molecule has 1 rings (SSSR count). The quantitative estimate of drug-likeness (QED) is 0.787. The summed E-state index contributed by atoms with van der Waals surface area (Å²) in [4.78, 5) is 11.6. The fraction of sp³-hybridized carbons (Fsp3) is 0.923. The Kier molecular flexibility index (Phi) is 7.23. The van der Waals surface area contributed by atoms with Crippen LogP contribution in [0.15, 0.2) is 0 Å². The predicted octanol–water partition coefficient (Wildman–Crippen LogP) is 2.99. The zero-order valence-electron chi connectivity index (χ0n) is 10.5. The third-order valence-corrected chi connectivity index (χ3v) is 3.06. The molecule has 0 aromatic carbocycles. The van der Waals surface area contributed by atoms with Gasteiger partial charge >= 0.3 is 0 Å². The third-order valence-electron chi connectivity index (χ3n) is 3.06. The van der Waals surface area contributed by atoms with Crippen LogP contribution in [0.4, 0.5) is 0 Å². The lowest BCUT2D eigenvalue weighted by Crippen LogP contribution is -2.36. The van der Waals surface area contributed by atoms with E-state index < -0.39 is 0 Å². The predicted molar refractivity (Wildman–Crippen MR) is 65.1 cm³/mol. The number of carbonyl (C=O) groups excluding carboxylic acids is 1. The Labute approximate surface area is 98.9 Å². The van der Waals surface area contributed by atoms with E-state index in [1.54, 1.807) is 0 Å². The molecule has 1 saturated heterocycles. The molecule has 1 heterocycles. The maximum absolute atomic E-state index is 11.6. The van der Waals surface area contributed by atoms with E-state index in [1.807, 2.05) is 6.92 Å². The van der Waals surface area contributed by atoms with Crippen LogP contribution in [-0.4, -0.2) is 18.7 Å². The van der Waals surface area contributed by atoms with Crippen molar-refractivity contribution in [2.45, 2.75) is 70.9 Å². The number of ether oxygens (including phenoxy) is 1. The molecule has 3 heteroatoms. The Bertz CT molecular complexity index is 194. The standard InChI is InChI=1S/C13H25NO2/c1-2-16-13-11-9-7-5-3-4-6-8-10-12(15)14-13/h13H,2-11H2,1H3,(H,14,15). The normalized spacial score (nSPS) is 25.3. The Balaban J connectivity index is 2.34. The molecule has 16 heavy (non-hydrogen) atoms. The van der Waals surface area contributed by atoms with Crippen LogP contribution >= 0.6 is 0 Å². The molecule has 94 valence electrons. The second kappa shape index (κ2) is 8.57. The van der Waals surface area contributed by atoms with Crippen molar-refractivity contribution in [3.63, 3.8) is 0 Å². The van der Waals surface area contributed by atoms with Crippen LogP contribution in [0.25, 0.3) is 0 Å². The summed E-state index contributed by atoms with van der Waals surface area (Å²) in [6.07, 6.45) is 10.1. The van der Waals surface area contributed by atoms with E-state index in [2.05, 4.69) is 5.32 Å². The molecule has 1 fully saturated rings. The van der Waals surface area contributed by atoms with Gasteiger partial charge in [-0.3, -0.25) is 4.79 Å². The molecule has 1 aliphatic heterocycles. The van der Waals surface area contributed by atoms with E-state index in [9.17, 15) is 4.79 Å². The maximum Gasteiger partial charge on any atom is 0.221 e. The first-order chi connectivity index (χ1) is 7.83. The zero-order chi connectivity index (χ0) is 11.6. The second-order valence-electron chi connectivity index (χ2n) is 4.53. The molecule has 0 aromatic rings. The lowest BCUT2D eigenvalue weighted by molar-refractivity contribution is -0.125. The van der Waals surface area contributed by atoms with Crippen LogP contribution in [0.5, 0.6) is 0 Å². The van der Waals surface area contributed by atoms with Gasteiger partial charge in [0, 0.05) is 13.0 Å². The van der Waals surface area contributed by atoms with Crippen LogP contribution < -0.4 is 5.32 Å². The highest BCUT2D eigenvalue weighted by molar-refractivity contribution is 5.75. The summed E-state index contributed by atoms with van der Waals surface area (Å²) in [6.45, 7) is 2.65. The van der Waals surface area contributed by atoms with E-state index in [-0.39, 0.29) is 12.1 Å². The fourth-order valence-electron chi connectivity index (χ4n) is 2.15. The molecule has 0 aliphatic carbocycles. The van der Waals surface area contributed by atoms with Crippen LogP contribution in [-0.2, 0) is 9.53 Å². The van der Waals surface area contributed by atoms with Gasteiger partial charge in [0.1, 0.15) is 6.23 Å². The Hall–Kier alpha value is -0.570. The summed E-state index contributed by atoms with van der Waals surface area (Å²) in [5, 5.41) is 2.97. The summed E-state index contributed by atoms with van der Waals surface area (Å²) in [6, 6.07) is 0. The molecule has 0 radical (unpaired) electrons. The van der Waals surface area contributed by atoms with E-state index in [0.29, 0.717) is 13.0 Å². The summed E-state index contributed by atoms with van der Waals surface area (Å²) in [5.41, 5.74) is 0. The zero-order valence-corrected chi connectivity index (χ0v) is 10.5. The van der Waals surface area contributed by atoms with Crippen molar-refractivity contribution in [2.75, 3.05) is 6.61 Å². The van der Waals surface area contributed by atoms with Gasteiger partial charge in [0.15, 0.2) is 0 Å². The van der Waals surface area contributed by atoms with E-state index in [1.165, 1.54) is 32.1 Å². The van der Waals surface area contributed by atoms with Crippen molar-refractivity contribution in [2.24, 2.45) is 0 Å². The van der Waals surface area contributed by atoms with Gasteiger partial charge in [0.2, 0.25) is 5.91 Å². The molecule has 3 nitrogen and oxygen atoms in total. The molecule has 0 saturated carbocycles. The average Bonchev–Trinajstić information content (AvgIpc) is 2.25. The minimum atomic E-state index is -0.0584. The highest BCUT2D eigenvalue weighted by Gasteiger charge is 2.12. The number of carbonyl (C=O) groups is 1. The molecule has 0 spiro atoms. The SMILES string of the molecule is CCOC1CCCCCCCCCC(=O)N1. The Morgan fingerprint density at radius 2 is 1.75 bits per heavy atom. The molecule has 1 aliphatic rings. The smallest absolute Gasteiger partial charge is 0.221 e. The van der Waals surface area contributed by atoms with Crippen molar-refractivity contribution in [3.05, 3.63) is 0 Å². The van der Waals surface area contributed by atoms with E-state index >= 15 is 0 Å². The summed E-state index contributed by atoms with van der Waals surface area (Å²) < 4.78 is 5.53. The highest BCUT2D eigenvalue weighted by Crippen LogP contribution is 2.13. The van der Waals surface area contributed by atoms with Gasteiger partial charge in [-0.05, 0) is 26.2 Å². The first-order valence-electron chi connectivity index (χ1n) is 6.74. The van der Waals surface area contributed by atoms with E-state index in [0.717, 1.165) is 19.3 Å². The number of hydrogen-bond acceptors (Lipinski definition) is 2. The van der Waals surface area contributed by atoms with Crippen molar-refractivity contribution >= 4 is 5.91 Å². The molecule has 1 atom stereocenters. The molecule has 1 unspecified atom stereocenters. The minimum Gasteiger partial charge on any atom is -0.359 e. The Morgan fingerprint density at radius 1 is 1.12 bits per heavy atom. The molecular weight excluding hydrogens is 202 g/mol. The molecular formula is C13H25NO2. The van der Waals surface area contributed by atoms with Crippen LogP contribution in [0, 0.1) is 0 Å². The summed E-state index contributed by atoms with van der Waals surface area (Å²) in [5.74, 6) is 0.152. The molecule has 1 N–H and O–H groups in total. The van der Waals surface area contributed by atoms with Crippen LogP contribution in [0.3, 0.4) is 0 Å². The van der Waals surface area contributed by atoms with Crippen molar-refractivity contribution < 1.29 is 9.53 Å². The average molecular weight is 227 g/mol. The first kappa shape index (κ1) is 13.5. The third kappa shape index (κ3) is 6.11. The number of amides is 1. The topological polar surface area (TPSA) is 38.3 Å². The van der Waals surface area contributed by atoms with Gasteiger partial charge in [-0.25, -0.2) is 0 Å². The van der Waals surface area contributed by atoms with E-state index in [4.69, 9.17) is 4.74 Å². The molecule has 0 aromatic heterocycles. The monoisotopic (exact) mass is 227 g/mol. The number of hydrogen-bond donors (Lipinski definition) is 1. The molecule has 1 amide bonds. The Morgan fingerprint density at radius 3 is 2.44 bits per heavy atom. The minimum absolute atomic E-state index is 0.0584. The van der Waals surface area contributed by atoms with Crippen molar-refractivity contribution in [3.8, 4) is 0 Å². The molecule has 0 bridgehead atoms. The van der Waals surface area contributed by atoms with Crippen LogP contribution in [0.1, 0.15) is 64.7 Å². The fourth-order valence-corrected chi connectivity index (χ4v) is 2.15. The van der Waals surface area contributed by atoms with Gasteiger partial charge in [-0.2, -0.15) is 0 Å². The lowest BCUT2D eigenvalue weighted by Gasteiger charge is -2.19. The largest absolute Gasteiger partial charge is 0.359 e. The summed E-state index contributed by atoms with van der Waals surface area (Å²) >= 11 is 0. The van der Waals surface area contributed by atoms with Crippen LogP contribution in [0.2, 0.25) is 0 Å². The van der Waals surface area contributed by atoms with Gasteiger partial charge in [-0.1, -0.05) is 32.1 Å². The summed E-state index contributed by atoms with van der Waals surface area (Å²) in [7, 11) is 0. The first-order valence-corrected chi connectivity index (χ1v) is 6.74. The van der Waals surface area contributed by atoms with Gasteiger partial charge in [0.25, 0.3) is 0 Å². The van der Waals surface area contributed by atoms with Crippen molar-refractivity contribution in [1.82, 2.24) is 5.32 Å². The van der Waals surface area contributed by atoms with Crippen molar-refractivity contribution in [1.29, 1.82) is 0 Å².